The minimum Gasteiger partial charge on any atom is -0.453 e. The average Bonchev–Trinajstić information content (AvgIpc) is 2.80. The maximum absolute atomic E-state index is 13.5. The number of hydrogen-bond acceptors (Lipinski definition) is 4. The van der Waals surface area contributed by atoms with Gasteiger partial charge in [0.25, 0.3) is 0 Å². The van der Waals surface area contributed by atoms with Crippen LogP contribution in [0.15, 0.2) is 23.2 Å². The highest BCUT2D eigenvalue weighted by Gasteiger charge is 2.23. The fraction of sp³-hybridized carbons (Fsp3) is 0.273. The van der Waals surface area contributed by atoms with Crippen molar-refractivity contribution in [2.24, 2.45) is 4.99 Å². The van der Waals surface area contributed by atoms with E-state index in [1.165, 1.54) is 19.2 Å². The zero-order chi connectivity index (χ0) is 13.1. The van der Waals surface area contributed by atoms with E-state index in [0.717, 1.165) is 6.07 Å². The van der Waals surface area contributed by atoms with E-state index in [9.17, 15) is 13.6 Å². The highest BCUT2D eigenvalue weighted by Crippen LogP contribution is 2.24. The Labute approximate surface area is 102 Å². The molecule has 7 heteroatoms. The molecule has 96 valence electrons. The first-order chi connectivity index (χ1) is 8.61. The van der Waals surface area contributed by atoms with Gasteiger partial charge in [-0.2, -0.15) is 0 Å². The quantitative estimate of drug-likeness (QED) is 0.795. The highest BCUT2D eigenvalue weighted by molar-refractivity contribution is 5.94. The Balaban J connectivity index is 2.16. The summed E-state index contributed by atoms with van der Waals surface area (Å²) in [5.41, 5.74) is 0.143. The van der Waals surface area contributed by atoms with Crippen LogP contribution in [0.2, 0.25) is 0 Å². The van der Waals surface area contributed by atoms with Crippen molar-refractivity contribution in [3.63, 3.8) is 0 Å². The number of alkyl carbamates (subject to hydrolysis) is 1. The lowest BCUT2D eigenvalue weighted by Crippen LogP contribution is -2.37. The van der Waals surface area contributed by atoms with Gasteiger partial charge in [0, 0.05) is 12.1 Å². The molecule has 1 aliphatic rings. The van der Waals surface area contributed by atoms with Gasteiger partial charge < -0.3 is 10.1 Å². The number of amides is 1. The van der Waals surface area contributed by atoms with Crippen LogP contribution in [-0.2, 0) is 4.74 Å². The van der Waals surface area contributed by atoms with Crippen molar-refractivity contribution in [2.45, 2.75) is 6.04 Å². The summed E-state index contributed by atoms with van der Waals surface area (Å²) in [5, 5.41) is 5.09. The van der Waals surface area contributed by atoms with E-state index in [2.05, 4.69) is 20.4 Å². The van der Waals surface area contributed by atoms with Crippen LogP contribution in [0.3, 0.4) is 0 Å². The zero-order valence-corrected chi connectivity index (χ0v) is 9.54. The monoisotopic (exact) mass is 255 g/mol. The number of methoxy groups -OCH3 is 1. The fourth-order valence-corrected chi connectivity index (χ4v) is 1.62. The van der Waals surface area contributed by atoms with Gasteiger partial charge in [0.15, 0.2) is 11.6 Å². The number of aliphatic imine (C=N–C) groups is 1. The van der Waals surface area contributed by atoms with Gasteiger partial charge in [-0.15, -0.1) is 0 Å². The number of guanidine groups is 1. The fourth-order valence-electron chi connectivity index (χ4n) is 1.62. The Hall–Kier alpha value is -2.18. The number of carbonyl (C=O) groups is 1. The van der Waals surface area contributed by atoms with Crippen LogP contribution >= 0.6 is 0 Å². The summed E-state index contributed by atoms with van der Waals surface area (Å²) >= 11 is 0. The van der Waals surface area contributed by atoms with Gasteiger partial charge in [0.1, 0.15) is 0 Å². The number of rotatable bonds is 1. The molecule has 0 saturated carbocycles. The summed E-state index contributed by atoms with van der Waals surface area (Å²) in [4.78, 5) is 15.0. The first-order valence-electron chi connectivity index (χ1n) is 5.22. The lowest BCUT2D eigenvalue weighted by atomic mass is 10.1. The number of carbonyl (C=O) groups excluding carboxylic acids is 1. The van der Waals surface area contributed by atoms with E-state index in [0.29, 0.717) is 0 Å². The summed E-state index contributed by atoms with van der Waals surface area (Å²) in [6, 6.07) is 3.33. The van der Waals surface area contributed by atoms with Gasteiger partial charge in [-0.1, -0.05) is 12.1 Å². The average molecular weight is 255 g/mol. The zero-order valence-electron chi connectivity index (χ0n) is 9.54. The lowest BCUT2D eigenvalue weighted by molar-refractivity contribution is 0.176. The predicted octanol–water partition coefficient (Wildman–Crippen LogP) is 1.32. The molecule has 0 bridgehead atoms. The standard InChI is InChI=1S/C11H11F2N3O2/c1-18-11(17)16-10-14-5-8(15-10)6-3-2-4-7(12)9(6)13/h2-4,8H,5H2,1H3,(H2,14,15,16,17). The largest absolute Gasteiger partial charge is 0.453 e. The summed E-state index contributed by atoms with van der Waals surface area (Å²) in [6.07, 6.45) is -0.679. The number of nitrogens with zero attached hydrogens (tertiary/aromatic N) is 1. The van der Waals surface area contributed by atoms with Crippen LogP contribution in [0.5, 0.6) is 0 Å². The summed E-state index contributed by atoms with van der Waals surface area (Å²) in [7, 11) is 1.22. The van der Waals surface area contributed by atoms with Crippen molar-refractivity contribution in [2.75, 3.05) is 13.7 Å². The second kappa shape index (κ2) is 4.99. The molecule has 1 aliphatic heterocycles. The van der Waals surface area contributed by atoms with Crippen molar-refractivity contribution < 1.29 is 18.3 Å². The molecule has 5 nitrogen and oxygen atoms in total. The first-order valence-corrected chi connectivity index (χ1v) is 5.22. The van der Waals surface area contributed by atoms with Crippen LogP contribution in [0.25, 0.3) is 0 Å². The predicted molar refractivity (Wildman–Crippen MR) is 60.1 cm³/mol. The Morgan fingerprint density at radius 3 is 3.06 bits per heavy atom. The van der Waals surface area contributed by atoms with Crippen LogP contribution in [-0.4, -0.2) is 25.7 Å². The van der Waals surface area contributed by atoms with E-state index in [1.807, 2.05) is 0 Å². The SMILES string of the molecule is COC(=O)NC1=NC(c2cccc(F)c2F)CN1. The van der Waals surface area contributed by atoms with Crippen LogP contribution in [0.4, 0.5) is 13.6 Å². The molecule has 0 radical (unpaired) electrons. The third kappa shape index (κ3) is 2.39. The Bertz CT molecular complexity index is 505. The Kier molecular flexibility index (Phi) is 3.40. The molecule has 1 atom stereocenters. The molecule has 18 heavy (non-hydrogen) atoms. The van der Waals surface area contributed by atoms with E-state index < -0.39 is 23.8 Å². The van der Waals surface area contributed by atoms with Crippen molar-refractivity contribution in [3.8, 4) is 0 Å². The van der Waals surface area contributed by atoms with Gasteiger partial charge in [-0.05, 0) is 6.07 Å². The summed E-state index contributed by atoms with van der Waals surface area (Å²) in [5.74, 6) is -1.67. The normalized spacial score (nSPS) is 17.9. The van der Waals surface area contributed by atoms with Gasteiger partial charge in [-0.3, -0.25) is 5.32 Å². The third-order valence-electron chi connectivity index (χ3n) is 2.49. The molecule has 1 amide bonds. The molecule has 1 aromatic rings. The molecular weight excluding hydrogens is 244 g/mol. The second-order valence-corrected chi connectivity index (χ2v) is 3.63. The Morgan fingerprint density at radius 1 is 1.56 bits per heavy atom. The molecule has 1 aromatic carbocycles. The summed E-state index contributed by atoms with van der Waals surface area (Å²) in [6.45, 7) is 0.277. The lowest BCUT2D eigenvalue weighted by Gasteiger charge is -2.07. The van der Waals surface area contributed by atoms with Crippen molar-refractivity contribution in [1.82, 2.24) is 10.6 Å². The number of hydrogen-bond donors (Lipinski definition) is 2. The van der Waals surface area contributed by atoms with Crippen molar-refractivity contribution >= 4 is 12.1 Å². The molecule has 2 rings (SSSR count). The highest BCUT2D eigenvalue weighted by atomic mass is 19.2. The smallest absolute Gasteiger partial charge is 0.413 e. The molecular formula is C11H11F2N3O2. The number of benzene rings is 1. The molecule has 2 N–H and O–H groups in total. The second-order valence-electron chi connectivity index (χ2n) is 3.63. The molecule has 0 saturated heterocycles. The van der Waals surface area contributed by atoms with E-state index in [4.69, 9.17) is 0 Å². The van der Waals surface area contributed by atoms with E-state index >= 15 is 0 Å². The van der Waals surface area contributed by atoms with Gasteiger partial charge in [-0.25, -0.2) is 18.6 Å². The third-order valence-corrected chi connectivity index (χ3v) is 2.49. The molecule has 1 unspecified atom stereocenters. The van der Waals surface area contributed by atoms with Gasteiger partial charge in [0.05, 0.1) is 13.2 Å². The molecule has 0 aromatic heterocycles. The van der Waals surface area contributed by atoms with Crippen LogP contribution in [0, 0.1) is 11.6 Å². The van der Waals surface area contributed by atoms with Gasteiger partial charge >= 0.3 is 6.09 Å². The number of ether oxygens (including phenoxy) is 1. The minimum absolute atomic E-state index is 0.143. The van der Waals surface area contributed by atoms with Gasteiger partial charge in [0.2, 0.25) is 5.96 Å². The molecule has 0 aliphatic carbocycles. The van der Waals surface area contributed by atoms with Crippen LogP contribution in [0.1, 0.15) is 11.6 Å². The maximum atomic E-state index is 13.5. The summed E-state index contributed by atoms with van der Waals surface area (Å²) < 4.78 is 31.0. The van der Waals surface area contributed by atoms with Crippen molar-refractivity contribution in [3.05, 3.63) is 35.4 Å². The number of nitrogens with one attached hydrogen (secondary N) is 2. The first kappa shape index (κ1) is 12.3. The molecule has 0 spiro atoms. The molecule has 1 heterocycles. The van der Waals surface area contributed by atoms with Crippen LogP contribution < -0.4 is 10.6 Å². The van der Waals surface area contributed by atoms with Crippen molar-refractivity contribution in [1.29, 1.82) is 0 Å². The number of halogens is 2. The minimum atomic E-state index is -0.924. The topological polar surface area (TPSA) is 62.7 Å². The molecule has 0 fully saturated rings. The Morgan fingerprint density at radius 2 is 2.33 bits per heavy atom. The maximum Gasteiger partial charge on any atom is 0.413 e. The van der Waals surface area contributed by atoms with E-state index in [-0.39, 0.29) is 18.1 Å². The van der Waals surface area contributed by atoms with E-state index in [1.54, 1.807) is 0 Å².